The van der Waals surface area contributed by atoms with Crippen molar-refractivity contribution in [1.82, 2.24) is 9.80 Å². The van der Waals surface area contributed by atoms with Crippen molar-refractivity contribution in [3.63, 3.8) is 0 Å². The van der Waals surface area contributed by atoms with Crippen LogP contribution in [0.3, 0.4) is 0 Å². The number of aliphatic imine (C=N–C) groups is 1. The lowest BCUT2D eigenvalue weighted by Crippen LogP contribution is -2.52. The first-order valence-electron chi connectivity index (χ1n) is 6.99. The number of guanidine groups is 1. The highest BCUT2D eigenvalue weighted by Gasteiger charge is 2.21. The molecular formula is C13H26N4. The van der Waals surface area contributed by atoms with Crippen molar-refractivity contribution in [2.75, 3.05) is 26.2 Å². The van der Waals surface area contributed by atoms with Crippen molar-refractivity contribution in [3.05, 3.63) is 0 Å². The summed E-state index contributed by atoms with van der Waals surface area (Å²) in [5.74, 6) is 0.778. The van der Waals surface area contributed by atoms with Crippen molar-refractivity contribution < 1.29 is 0 Å². The molecule has 0 spiro atoms. The molecule has 0 unspecified atom stereocenters. The zero-order chi connectivity index (χ0) is 12.3. The van der Waals surface area contributed by atoms with Crippen LogP contribution in [0.25, 0.3) is 0 Å². The average Bonchev–Trinajstić information content (AvgIpc) is 2.82. The SMILES string of the molecule is CC(C)N1CCN(C(N)=NC2CCCC2)CC1. The number of nitrogens with two attached hydrogens (primary N) is 1. The molecule has 4 nitrogen and oxygen atoms in total. The molecule has 0 bridgehead atoms. The molecule has 2 aliphatic rings. The average molecular weight is 238 g/mol. The Hall–Kier alpha value is -0.770. The van der Waals surface area contributed by atoms with Crippen LogP contribution < -0.4 is 5.73 Å². The minimum Gasteiger partial charge on any atom is -0.370 e. The minimum absolute atomic E-state index is 0.498. The smallest absolute Gasteiger partial charge is 0.191 e. The van der Waals surface area contributed by atoms with Gasteiger partial charge in [-0.15, -0.1) is 0 Å². The fourth-order valence-corrected chi connectivity index (χ4v) is 2.77. The molecule has 1 saturated carbocycles. The molecule has 0 amide bonds. The normalized spacial score (nSPS) is 24.9. The first-order chi connectivity index (χ1) is 8.16. The number of hydrogen-bond donors (Lipinski definition) is 1. The zero-order valence-corrected chi connectivity index (χ0v) is 11.2. The summed E-state index contributed by atoms with van der Waals surface area (Å²) >= 11 is 0. The van der Waals surface area contributed by atoms with Gasteiger partial charge in [-0.25, -0.2) is 4.99 Å². The molecule has 2 fully saturated rings. The maximum Gasteiger partial charge on any atom is 0.191 e. The summed E-state index contributed by atoms with van der Waals surface area (Å²) in [7, 11) is 0. The summed E-state index contributed by atoms with van der Waals surface area (Å²) in [6, 6.07) is 1.14. The van der Waals surface area contributed by atoms with E-state index in [1.165, 1.54) is 25.7 Å². The molecule has 0 radical (unpaired) electrons. The van der Waals surface area contributed by atoms with E-state index in [2.05, 4.69) is 28.6 Å². The number of nitrogens with zero attached hydrogens (tertiary/aromatic N) is 3. The second-order valence-corrected chi connectivity index (χ2v) is 5.54. The van der Waals surface area contributed by atoms with Gasteiger partial charge in [-0.2, -0.15) is 0 Å². The third-order valence-electron chi connectivity index (χ3n) is 4.01. The van der Waals surface area contributed by atoms with E-state index in [4.69, 9.17) is 5.73 Å². The van der Waals surface area contributed by atoms with Crippen LogP contribution >= 0.6 is 0 Å². The predicted octanol–water partition coefficient (Wildman–Crippen LogP) is 1.27. The van der Waals surface area contributed by atoms with Gasteiger partial charge in [0.25, 0.3) is 0 Å². The molecule has 0 atom stereocenters. The van der Waals surface area contributed by atoms with Crippen molar-refractivity contribution in [2.45, 2.75) is 51.6 Å². The molecule has 0 aromatic rings. The summed E-state index contributed by atoms with van der Waals surface area (Å²) in [5, 5.41) is 0. The molecule has 2 N–H and O–H groups in total. The van der Waals surface area contributed by atoms with Gasteiger partial charge >= 0.3 is 0 Å². The van der Waals surface area contributed by atoms with Gasteiger partial charge in [0.05, 0.1) is 6.04 Å². The van der Waals surface area contributed by atoms with Crippen LogP contribution in [0, 0.1) is 0 Å². The molecule has 1 heterocycles. The third kappa shape index (κ3) is 3.35. The van der Waals surface area contributed by atoms with Crippen LogP contribution in [0.2, 0.25) is 0 Å². The van der Waals surface area contributed by atoms with E-state index < -0.39 is 0 Å². The van der Waals surface area contributed by atoms with Crippen LogP contribution in [0.4, 0.5) is 0 Å². The lowest BCUT2D eigenvalue weighted by molar-refractivity contribution is 0.147. The third-order valence-corrected chi connectivity index (χ3v) is 4.01. The van der Waals surface area contributed by atoms with Gasteiger partial charge in [-0.05, 0) is 26.7 Å². The molecule has 1 aliphatic carbocycles. The van der Waals surface area contributed by atoms with E-state index in [1.807, 2.05) is 0 Å². The first kappa shape index (κ1) is 12.7. The van der Waals surface area contributed by atoms with E-state index in [0.29, 0.717) is 12.1 Å². The van der Waals surface area contributed by atoms with Gasteiger partial charge in [-0.1, -0.05) is 12.8 Å². The highest BCUT2D eigenvalue weighted by Crippen LogP contribution is 2.21. The van der Waals surface area contributed by atoms with Crippen LogP contribution in [-0.2, 0) is 0 Å². The van der Waals surface area contributed by atoms with Crippen LogP contribution in [0.15, 0.2) is 4.99 Å². The highest BCUT2D eigenvalue weighted by atomic mass is 15.3. The second-order valence-electron chi connectivity index (χ2n) is 5.54. The fourth-order valence-electron chi connectivity index (χ4n) is 2.77. The molecule has 98 valence electrons. The van der Waals surface area contributed by atoms with E-state index in [-0.39, 0.29) is 0 Å². The van der Waals surface area contributed by atoms with E-state index in [1.54, 1.807) is 0 Å². The van der Waals surface area contributed by atoms with Crippen molar-refractivity contribution in [3.8, 4) is 0 Å². The molecule has 0 aromatic carbocycles. The number of hydrogen-bond acceptors (Lipinski definition) is 2. The fraction of sp³-hybridized carbons (Fsp3) is 0.923. The lowest BCUT2D eigenvalue weighted by atomic mass is 10.2. The molecule has 17 heavy (non-hydrogen) atoms. The lowest BCUT2D eigenvalue weighted by Gasteiger charge is -2.37. The van der Waals surface area contributed by atoms with Crippen molar-refractivity contribution >= 4 is 5.96 Å². The Bertz CT molecular complexity index is 261. The molecule has 1 saturated heterocycles. The summed E-state index contributed by atoms with van der Waals surface area (Å²) in [6.45, 7) is 8.79. The monoisotopic (exact) mass is 238 g/mol. The van der Waals surface area contributed by atoms with E-state index in [9.17, 15) is 0 Å². The van der Waals surface area contributed by atoms with Gasteiger partial charge in [0.1, 0.15) is 0 Å². The number of piperazine rings is 1. The zero-order valence-electron chi connectivity index (χ0n) is 11.2. The quantitative estimate of drug-likeness (QED) is 0.582. The Morgan fingerprint density at radius 2 is 1.71 bits per heavy atom. The molecule has 1 aliphatic heterocycles. The van der Waals surface area contributed by atoms with Crippen molar-refractivity contribution in [1.29, 1.82) is 0 Å². The van der Waals surface area contributed by atoms with Crippen LogP contribution in [0.1, 0.15) is 39.5 Å². The Morgan fingerprint density at radius 1 is 1.12 bits per heavy atom. The maximum atomic E-state index is 6.11. The summed E-state index contributed by atoms with van der Waals surface area (Å²) in [4.78, 5) is 9.42. The Labute approximate surface area is 105 Å². The largest absolute Gasteiger partial charge is 0.370 e. The maximum absolute atomic E-state index is 6.11. The Balaban J connectivity index is 1.83. The van der Waals surface area contributed by atoms with Crippen molar-refractivity contribution in [2.24, 2.45) is 10.7 Å². The van der Waals surface area contributed by atoms with E-state index in [0.717, 1.165) is 32.1 Å². The Kier molecular flexibility index (Phi) is 4.26. The second kappa shape index (κ2) is 5.71. The van der Waals surface area contributed by atoms with Gasteiger partial charge < -0.3 is 10.6 Å². The first-order valence-corrected chi connectivity index (χ1v) is 6.99. The predicted molar refractivity (Wildman–Crippen MR) is 72.2 cm³/mol. The molecule has 0 aromatic heterocycles. The summed E-state index contributed by atoms with van der Waals surface area (Å²) < 4.78 is 0. The standard InChI is InChI=1S/C13H26N4/c1-11(2)16-7-9-17(10-8-16)13(14)15-12-5-3-4-6-12/h11-12H,3-10H2,1-2H3,(H2,14,15). The minimum atomic E-state index is 0.498. The Morgan fingerprint density at radius 3 is 2.24 bits per heavy atom. The van der Waals surface area contributed by atoms with Crippen LogP contribution in [-0.4, -0.2) is 54.0 Å². The summed E-state index contributed by atoms with van der Waals surface area (Å²) in [5.41, 5.74) is 6.11. The molecular weight excluding hydrogens is 212 g/mol. The van der Waals surface area contributed by atoms with E-state index >= 15 is 0 Å². The van der Waals surface area contributed by atoms with Crippen LogP contribution in [0.5, 0.6) is 0 Å². The summed E-state index contributed by atoms with van der Waals surface area (Å²) in [6.07, 6.45) is 5.10. The van der Waals surface area contributed by atoms with Gasteiger partial charge in [-0.3, -0.25) is 4.90 Å². The van der Waals surface area contributed by atoms with Gasteiger partial charge in [0.2, 0.25) is 0 Å². The van der Waals surface area contributed by atoms with Gasteiger partial charge in [0, 0.05) is 32.2 Å². The van der Waals surface area contributed by atoms with Gasteiger partial charge in [0.15, 0.2) is 5.96 Å². The molecule has 2 rings (SSSR count). The highest BCUT2D eigenvalue weighted by molar-refractivity contribution is 5.78. The number of rotatable bonds is 2. The topological polar surface area (TPSA) is 44.9 Å². The molecule has 4 heteroatoms.